The summed E-state index contributed by atoms with van der Waals surface area (Å²) in [6.45, 7) is 6.47. The highest BCUT2D eigenvalue weighted by molar-refractivity contribution is 5.02. The molecule has 0 saturated heterocycles. The summed E-state index contributed by atoms with van der Waals surface area (Å²) in [4.78, 5) is 0. The largest absolute Gasteiger partial charge is 0.394 e. The van der Waals surface area contributed by atoms with E-state index in [9.17, 15) is 5.11 Å². The first-order valence-electron chi connectivity index (χ1n) is 7.55. The Morgan fingerprint density at radius 3 is 2.84 bits per heavy atom. The molecule has 0 unspecified atom stereocenters. The van der Waals surface area contributed by atoms with Crippen LogP contribution in [-0.2, 0) is 13.1 Å². The average molecular weight is 265 g/mol. The van der Waals surface area contributed by atoms with Crippen LogP contribution < -0.4 is 5.32 Å². The highest BCUT2D eigenvalue weighted by Gasteiger charge is 2.33. The van der Waals surface area contributed by atoms with E-state index in [1.54, 1.807) is 0 Å². The lowest BCUT2D eigenvalue weighted by Crippen LogP contribution is -2.50. The van der Waals surface area contributed by atoms with E-state index < -0.39 is 0 Å². The monoisotopic (exact) mass is 265 g/mol. The van der Waals surface area contributed by atoms with Gasteiger partial charge in [-0.15, -0.1) is 0 Å². The second-order valence-electron chi connectivity index (χ2n) is 6.02. The van der Waals surface area contributed by atoms with Crippen LogP contribution in [0.3, 0.4) is 0 Å². The molecule has 1 aromatic heterocycles. The van der Waals surface area contributed by atoms with Crippen LogP contribution in [-0.4, -0.2) is 27.0 Å². The van der Waals surface area contributed by atoms with Crippen molar-refractivity contribution < 1.29 is 5.11 Å². The van der Waals surface area contributed by atoms with Crippen molar-refractivity contribution in [3.63, 3.8) is 0 Å². The SMILES string of the molecule is CCCn1nccc1CNC1(CO)CCC(C)CC1. The maximum Gasteiger partial charge on any atom is 0.0613 e. The molecule has 1 heterocycles. The summed E-state index contributed by atoms with van der Waals surface area (Å²) in [5.74, 6) is 0.798. The highest BCUT2D eigenvalue weighted by atomic mass is 16.3. The molecule has 0 aliphatic heterocycles. The molecule has 0 aromatic carbocycles. The molecule has 1 aromatic rings. The number of hydrogen-bond donors (Lipinski definition) is 2. The van der Waals surface area contributed by atoms with Crippen molar-refractivity contribution in [2.45, 2.75) is 64.6 Å². The summed E-state index contributed by atoms with van der Waals surface area (Å²) >= 11 is 0. The summed E-state index contributed by atoms with van der Waals surface area (Å²) in [6, 6.07) is 2.07. The Labute approximate surface area is 116 Å². The van der Waals surface area contributed by atoms with Crippen LogP contribution in [0.4, 0.5) is 0 Å². The number of nitrogens with one attached hydrogen (secondary N) is 1. The standard InChI is InChI=1S/C15H27N3O/c1-3-10-18-14(6-9-17-18)11-16-15(12-19)7-4-13(2)5-8-15/h6,9,13,16,19H,3-5,7-8,10-12H2,1-2H3. The van der Waals surface area contributed by atoms with Crippen LogP contribution in [0, 0.1) is 5.92 Å². The van der Waals surface area contributed by atoms with E-state index in [-0.39, 0.29) is 12.1 Å². The quantitative estimate of drug-likeness (QED) is 0.830. The fourth-order valence-electron chi connectivity index (χ4n) is 2.91. The molecule has 1 fully saturated rings. The Bertz CT molecular complexity index is 380. The maximum absolute atomic E-state index is 9.74. The fourth-order valence-corrected chi connectivity index (χ4v) is 2.91. The van der Waals surface area contributed by atoms with Gasteiger partial charge in [-0.2, -0.15) is 5.10 Å². The zero-order chi connectivity index (χ0) is 13.7. The van der Waals surface area contributed by atoms with Crippen molar-refractivity contribution in [2.24, 2.45) is 5.92 Å². The summed E-state index contributed by atoms with van der Waals surface area (Å²) in [6.07, 6.45) is 7.53. The zero-order valence-electron chi connectivity index (χ0n) is 12.2. The summed E-state index contributed by atoms with van der Waals surface area (Å²) in [7, 11) is 0. The third-order valence-electron chi connectivity index (χ3n) is 4.42. The van der Waals surface area contributed by atoms with Crippen LogP contribution >= 0.6 is 0 Å². The second-order valence-corrected chi connectivity index (χ2v) is 6.02. The Hall–Kier alpha value is -0.870. The molecule has 1 aliphatic carbocycles. The molecule has 0 amide bonds. The smallest absolute Gasteiger partial charge is 0.0613 e. The third-order valence-corrected chi connectivity index (χ3v) is 4.42. The van der Waals surface area contributed by atoms with E-state index >= 15 is 0 Å². The van der Waals surface area contributed by atoms with Gasteiger partial charge in [-0.05, 0) is 44.1 Å². The predicted molar refractivity (Wildman–Crippen MR) is 76.8 cm³/mol. The Kier molecular flexibility index (Phi) is 4.99. The number of hydrogen-bond acceptors (Lipinski definition) is 3. The van der Waals surface area contributed by atoms with Crippen molar-refractivity contribution in [1.29, 1.82) is 0 Å². The Morgan fingerprint density at radius 2 is 2.21 bits per heavy atom. The minimum Gasteiger partial charge on any atom is -0.394 e. The lowest BCUT2D eigenvalue weighted by atomic mass is 9.77. The first kappa shape index (κ1) is 14.5. The van der Waals surface area contributed by atoms with Gasteiger partial charge in [0.05, 0.1) is 12.3 Å². The second kappa shape index (κ2) is 6.53. The molecule has 0 radical (unpaired) electrons. The lowest BCUT2D eigenvalue weighted by molar-refractivity contribution is 0.103. The van der Waals surface area contributed by atoms with Crippen LogP contribution in [0.1, 0.15) is 51.6 Å². The highest BCUT2D eigenvalue weighted by Crippen LogP contribution is 2.31. The van der Waals surface area contributed by atoms with E-state index in [4.69, 9.17) is 0 Å². The number of nitrogens with zero attached hydrogens (tertiary/aromatic N) is 2. The molecular weight excluding hydrogens is 238 g/mol. The van der Waals surface area contributed by atoms with Gasteiger partial charge < -0.3 is 10.4 Å². The van der Waals surface area contributed by atoms with Gasteiger partial charge in [0.15, 0.2) is 0 Å². The summed E-state index contributed by atoms with van der Waals surface area (Å²) < 4.78 is 2.06. The van der Waals surface area contributed by atoms with Gasteiger partial charge in [0.2, 0.25) is 0 Å². The lowest BCUT2D eigenvalue weighted by Gasteiger charge is -2.39. The van der Waals surface area contributed by atoms with Gasteiger partial charge in [-0.1, -0.05) is 13.8 Å². The average Bonchev–Trinajstić information content (AvgIpc) is 2.87. The molecule has 19 heavy (non-hydrogen) atoms. The van der Waals surface area contributed by atoms with E-state index in [0.29, 0.717) is 0 Å². The van der Waals surface area contributed by atoms with E-state index in [2.05, 4.69) is 35.0 Å². The Morgan fingerprint density at radius 1 is 1.47 bits per heavy atom. The van der Waals surface area contributed by atoms with Gasteiger partial charge in [0.1, 0.15) is 0 Å². The van der Waals surface area contributed by atoms with Gasteiger partial charge >= 0.3 is 0 Å². The number of aryl methyl sites for hydroxylation is 1. The predicted octanol–water partition coefficient (Wildman–Crippen LogP) is 2.32. The number of aromatic nitrogens is 2. The van der Waals surface area contributed by atoms with Gasteiger partial charge in [-0.3, -0.25) is 4.68 Å². The van der Waals surface area contributed by atoms with Crippen molar-refractivity contribution in [2.75, 3.05) is 6.61 Å². The van der Waals surface area contributed by atoms with Crippen LogP contribution in [0.5, 0.6) is 0 Å². The van der Waals surface area contributed by atoms with E-state index in [1.165, 1.54) is 18.5 Å². The van der Waals surface area contributed by atoms with Crippen molar-refractivity contribution in [3.05, 3.63) is 18.0 Å². The maximum atomic E-state index is 9.74. The van der Waals surface area contributed by atoms with Crippen LogP contribution in [0.2, 0.25) is 0 Å². The molecule has 1 saturated carbocycles. The molecule has 2 rings (SSSR count). The molecule has 0 atom stereocenters. The van der Waals surface area contributed by atoms with Crippen LogP contribution in [0.15, 0.2) is 12.3 Å². The first-order chi connectivity index (χ1) is 9.19. The van der Waals surface area contributed by atoms with Crippen molar-refractivity contribution >= 4 is 0 Å². The van der Waals surface area contributed by atoms with Gasteiger partial charge in [-0.25, -0.2) is 0 Å². The van der Waals surface area contributed by atoms with Crippen molar-refractivity contribution in [3.8, 4) is 0 Å². The molecular formula is C15H27N3O. The minimum absolute atomic E-state index is 0.0756. The molecule has 4 heteroatoms. The summed E-state index contributed by atoms with van der Waals surface area (Å²) in [5.41, 5.74) is 1.14. The molecule has 108 valence electrons. The first-order valence-corrected chi connectivity index (χ1v) is 7.55. The Balaban J connectivity index is 1.94. The van der Waals surface area contributed by atoms with Crippen molar-refractivity contribution in [1.82, 2.24) is 15.1 Å². The fraction of sp³-hybridized carbons (Fsp3) is 0.800. The van der Waals surface area contributed by atoms with Crippen LogP contribution in [0.25, 0.3) is 0 Å². The van der Waals surface area contributed by atoms with Gasteiger partial charge in [0.25, 0.3) is 0 Å². The normalized spacial score (nSPS) is 27.6. The van der Waals surface area contributed by atoms with Gasteiger partial charge in [0, 0.05) is 24.8 Å². The van der Waals surface area contributed by atoms with E-state index in [1.807, 2.05) is 6.20 Å². The third kappa shape index (κ3) is 3.57. The number of aliphatic hydroxyl groups is 1. The number of rotatable bonds is 6. The molecule has 2 N–H and O–H groups in total. The molecule has 0 bridgehead atoms. The summed E-state index contributed by atoms with van der Waals surface area (Å²) in [5, 5.41) is 17.7. The molecule has 0 spiro atoms. The van der Waals surface area contributed by atoms with E-state index in [0.717, 1.165) is 38.3 Å². The minimum atomic E-state index is -0.0756. The molecule has 1 aliphatic rings. The molecule has 4 nitrogen and oxygen atoms in total. The topological polar surface area (TPSA) is 50.1 Å². The number of aliphatic hydroxyl groups excluding tert-OH is 1. The zero-order valence-corrected chi connectivity index (χ0v) is 12.2.